The number of pyridine rings is 1. The Labute approximate surface area is 141 Å². The van der Waals surface area contributed by atoms with Crippen LogP contribution >= 0.6 is 0 Å². The van der Waals surface area contributed by atoms with Gasteiger partial charge >= 0.3 is 0 Å². The van der Waals surface area contributed by atoms with E-state index in [2.05, 4.69) is 43.3 Å². The van der Waals surface area contributed by atoms with Crippen molar-refractivity contribution in [3.8, 4) is 0 Å². The van der Waals surface area contributed by atoms with Gasteiger partial charge in [-0.15, -0.1) is 0 Å². The third kappa shape index (κ3) is 3.93. The van der Waals surface area contributed by atoms with Crippen LogP contribution in [0.25, 0.3) is 5.65 Å². The van der Waals surface area contributed by atoms with E-state index in [0.717, 1.165) is 12.8 Å². The van der Waals surface area contributed by atoms with E-state index >= 15 is 0 Å². The molecule has 3 heterocycles. The molecular weight excluding hydrogens is 307 g/mol. The Kier molecular flexibility index (Phi) is 4.11. The van der Waals surface area contributed by atoms with Crippen molar-refractivity contribution < 1.29 is 9.18 Å². The molecule has 1 aliphatic rings. The minimum absolute atomic E-state index is 0.0136. The lowest BCUT2D eigenvalue weighted by atomic mass is 9.79. The quantitative estimate of drug-likeness (QED) is 0.908. The molecule has 24 heavy (non-hydrogen) atoms. The Morgan fingerprint density at radius 1 is 1.29 bits per heavy atom. The number of fused-ring (bicyclic) bond motifs is 1. The molecule has 2 aromatic rings. The number of imidazole rings is 1. The van der Waals surface area contributed by atoms with Crippen LogP contribution in [0.4, 0.5) is 4.39 Å². The molecule has 2 aromatic heterocycles. The van der Waals surface area contributed by atoms with Crippen LogP contribution in [0, 0.1) is 5.82 Å². The Hall–Kier alpha value is -1.95. The van der Waals surface area contributed by atoms with Gasteiger partial charge in [0.15, 0.2) is 0 Å². The number of hydrogen-bond acceptors (Lipinski definition) is 3. The van der Waals surface area contributed by atoms with Gasteiger partial charge in [-0.3, -0.25) is 4.79 Å². The second-order valence-corrected chi connectivity index (χ2v) is 8.09. The van der Waals surface area contributed by atoms with E-state index < -0.39 is 0 Å². The van der Waals surface area contributed by atoms with Gasteiger partial charge in [0.05, 0.1) is 12.1 Å². The van der Waals surface area contributed by atoms with Gasteiger partial charge < -0.3 is 15.0 Å². The summed E-state index contributed by atoms with van der Waals surface area (Å²) in [5, 5.41) is 6.74. The molecule has 0 aliphatic carbocycles. The zero-order valence-electron chi connectivity index (χ0n) is 14.7. The summed E-state index contributed by atoms with van der Waals surface area (Å²) in [5.74, 6) is -0.368. The van der Waals surface area contributed by atoms with Gasteiger partial charge in [0.1, 0.15) is 11.5 Å². The lowest BCUT2D eigenvalue weighted by molar-refractivity contribution is -0.121. The topological polar surface area (TPSA) is 58.4 Å². The van der Waals surface area contributed by atoms with Crippen LogP contribution in [0.3, 0.4) is 0 Å². The molecule has 5 nitrogen and oxygen atoms in total. The summed E-state index contributed by atoms with van der Waals surface area (Å²) >= 11 is 0. The maximum absolute atomic E-state index is 13.2. The highest BCUT2D eigenvalue weighted by Gasteiger charge is 2.38. The number of carbonyl (C=O) groups excluding carboxylic acids is 1. The average Bonchev–Trinajstić information content (AvgIpc) is 2.75. The third-order valence-corrected chi connectivity index (χ3v) is 4.36. The number of piperidine rings is 1. The minimum Gasteiger partial charge on any atom is -0.353 e. The molecular formula is C18H25FN4O. The molecule has 0 spiro atoms. The summed E-state index contributed by atoms with van der Waals surface area (Å²) < 4.78 is 14.8. The number of carbonyl (C=O) groups is 1. The number of halogens is 1. The number of aromatic nitrogens is 2. The van der Waals surface area contributed by atoms with Crippen LogP contribution < -0.4 is 10.6 Å². The Bertz CT molecular complexity index is 749. The zero-order valence-corrected chi connectivity index (χ0v) is 14.7. The predicted octanol–water partition coefficient (Wildman–Crippen LogP) is 2.44. The van der Waals surface area contributed by atoms with E-state index in [1.165, 1.54) is 12.3 Å². The Morgan fingerprint density at radius 2 is 1.96 bits per heavy atom. The summed E-state index contributed by atoms with van der Waals surface area (Å²) in [6.07, 6.45) is 5.04. The molecule has 0 aromatic carbocycles. The van der Waals surface area contributed by atoms with Crippen molar-refractivity contribution in [3.63, 3.8) is 0 Å². The molecule has 2 N–H and O–H groups in total. The van der Waals surface area contributed by atoms with E-state index in [1.54, 1.807) is 16.7 Å². The van der Waals surface area contributed by atoms with Gasteiger partial charge in [-0.2, -0.15) is 0 Å². The normalized spacial score (nSPS) is 20.2. The van der Waals surface area contributed by atoms with Crippen LogP contribution in [0.1, 0.15) is 46.2 Å². The van der Waals surface area contributed by atoms with E-state index in [9.17, 15) is 9.18 Å². The van der Waals surface area contributed by atoms with E-state index in [4.69, 9.17) is 0 Å². The van der Waals surface area contributed by atoms with Gasteiger partial charge in [0.2, 0.25) is 5.91 Å². The number of hydrogen-bond donors (Lipinski definition) is 2. The van der Waals surface area contributed by atoms with Gasteiger partial charge in [0.25, 0.3) is 0 Å². The molecule has 0 atom stereocenters. The lowest BCUT2D eigenvalue weighted by Crippen LogP contribution is -2.62. The number of amides is 1. The molecule has 0 radical (unpaired) electrons. The predicted molar refractivity (Wildman–Crippen MR) is 91.3 cm³/mol. The number of nitrogens with zero attached hydrogens (tertiary/aromatic N) is 2. The SMILES string of the molecule is CC1(C)CC(NC(=O)Cc2cn3cc(F)ccc3n2)CC(C)(C)N1. The van der Waals surface area contributed by atoms with Gasteiger partial charge in [0, 0.05) is 29.5 Å². The maximum atomic E-state index is 13.2. The van der Waals surface area contributed by atoms with Crippen molar-refractivity contribution in [2.75, 3.05) is 0 Å². The summed E-state index contributed by atoms with van der Waals surface area (Å²) in [6, 6.07) is 3.11. The largest absolute Gasteiger partial charge is 0.353 e. The van der Waals surface area contributed by atoms with Crippen molar-refractivity contribution in [2.24, 2.45) is 0 Å². The first-order valence-corrected chi connectivity index (χ1v) is 8.34. The number of rotatable bonds is 3. The second kappa shape index (κ2) is 5.84. The molecule has 0 bridgehead atoms. The maximum Gasteiger partial charge on any atom is 0.226 e. The first-order chi connectivity index (χ1) is 11.1. The van der Waals surface area contributed by atoms with E-state index in [0.29, 0.717) is 11.3 Å². The molecule has 1 saturated heterocycles. The fourth-order valence-electron chi connectivity index (χ4n) is 3.97. The lowest BCUT2D eigenvalue weighted by Gasteiger charge is -2.46. The van der Waals surface area contributed by atoms with Crippen molar-refractivity contribution in [2.45, 2.75) is 64.1 Å². The Balaban J connectivity index is 1.66. The fourth-order valence-corrected chi connectivity index (χ4v) is 3.97. The molecule has 130 valence electrons. The average molecular weight is 332 g/mol. The molecule has 1 aliphatic heterocycles. The minimum atomic E-state index is -0.324. The Morgan fingerprint density at radius 3 is 2.62 bits per heavy atom. The molecule has 1 fully saturated rings. The van der Waals surface area contributed by atoms with Gasteiger partial charge in [-0.25, -0.2) is 9.37 Å². The summed E-state index contributed by atoms with van der Waals surface area (Å²) in [4.78, 5) is 16.8. The standard InChI is InChI=1S/C18H25FN4O/c1-17(2)8-14(9-18(3,4)22-17)21-16(24)7-13-11-23-10-12(19)5-6-15(23)20-13/h5-6,10-11,14,22H,7-9H2,1-4H3,(H,21,24). The highest BCUT2D eigenvalue weighted by molar-refractivity contribution is 5.78. The summed E-state index contributed by atoms with van der Waals surface area (Å²) in [7, 11) is 0. The number of nitrogens with one attached hydrogen (secondary N) is 2. The summed E-state index contributed by atoms with van der Waals surface area (Å²) in [5.41, 5.74) is 1.26. The van der Waals surface area contributed by atoms with Crippen LogP contribution in [0.15, 0.2) is 24.5 Å². The van der Waals surface area contributed by atoms with Crippen LogP contribution in [0.5, 0.6) is 0 Å². The van der Waals surface area contributed by atoms with Crippen LogP contribution in [-0.2, 0) is 11.2 Å². The summed E-state index contributed by atoms with van der Waals surface area (Å²) in [6.45, 7) is 8.63. The fraction of sp³-hybridized carbons (Fsp3) is 0.556. The van der Waals surface area contributed by atoms with Gasteiger partial charge in [-0.05, 0) is 52.7 Å². The molecule has 0 unspecified atom stereocenters. The first-order valence-electron chi connectivity index (χ1n) is 8.34. The highest BCUT2D eigenvalue weighted by Crippen LogP contribution is 2.28. The highest BCUT2D eigenvalue weighted by atomic mass is 19.1. The van der Waals surface area contributed by atoms with Crippen molar-refractivity contribution >= 4 is 11.6 Å². The molecule has 1 amide bonds. The van der Waals surface area contributed by atoms with Crippen LogP contribution in [-0.4, -0.2) is 32.4 Å². The van der Waals surface area contributed by atoms with Crippen LogP contribution in [0.2, 0.25) is 0 Å². The van der Waals surface area contributed by atoms with Crippen molar-refractivity contribution in [3.05, 3.63) is 36.0 Å². The van der Waals surface area contributed by atoms with Crippen molar-refractivity contribution in [1.29, 1.82) is 0 Å². The first kappa shape index (κ1) is 16.9. The van der Waals surface area contributed by atoms with Gasteiger partial charge in [-0.1, -0.05) is 0 Å². The van der Waals surface area contributed by atoms with E-state index in [-0.39, 0.29) is 35.3 Å². The monoisotopic (exact) mass is 332 g/mol. The second-order valence-electron chi connectivity index (χ2n) is 8.09. The van der Waals surface area contributed by atoms with Crippen molar-refractivity contribution in [1.82, 2.24) is 20.0 Å². The molecule has 0 saturated carbocycles. The molecule has 6 heteroatoms. The zero-order chi connectivity index (χ0) is 17.5. The smallest absolute Gasteiger partial charge is 0.226 e. The molecule has 3 rings (SSSR count). The van der Waals surface area contributed by atoms with E-state index in [1.807, 2.05) is 0 Å². The third-order valence-electron chi connectivity index (χ3n) is 4.36.